The molecule has 2 N–H and O–H groups in total. The largest absolute Gasteiger partial charge is 0.497 e. The Bertz CT molecular complexity index is 1070. The van der Waals surface area contributed by atoms with E-state index in [-0.39, 0.29) is 17.2 Å². The summed E-state index contributed by atoms with van der Waals surface area (Å²) in [7, 11) is -2.19. The highest BCUT2D eigenvalue weighted by atomic mass is 79.9. The summed E-state index contributed by atoms with van der Waals surface area (Å²) in [5, 5.41) is 4.70. The Morgan fingerprint density at radius 1 is 1.10 bits per heavy atom. The second kappa shape index (κ2) is 10.2. The van der Waals surface area contributed by atoms with Crippen LogP contribution < -0.4 is 14.8 Å². The molecule has 2 aromatic carbocycles. The minimum Gasteiger partial charge on any atom is -0.497 e. The van der Waals surface area contributed by atoms with Crippen LogP contribution in [0.4, 0.5) is 0 Å². The van der Waals surface area contributed by atoms with Gasteiger partial charge in [-0.1, -0.05) is 34.1 Å². The second-order valence-corrected chi connectivity index (χ2v) is 10.1. The van der Waals surface area contributed by atoms with E-state index in [1.807, 2.05) is 41.8 Å². The lowest BCUT2D eigenvalue weighted by Crippen LogP contribution is -2.33. The molecule has 1 heterocycles. The van der Waals surface area contributed by atoms with Crippen LogP contribution in [0.5, 0.6) is 5.75 Å². The predicted octanol–water partition coefficient (Wildman–Crippen LogP) is 4.25. The number of ether oxygens (including phenoxy) is 1. The highest BCUT2D eigenvalue weighted by Gasteiger charge is 2.24. The van der Waals surface area contributed by atoms with E-state index >= 15 is 0 Å². The Kier molecular flexibility index (Phi) is 7.65. The summed E-state index contributed by atoms with van der Waals surface area (Å²) < 4.78 is 34.2. The minimum absolute atomic E-state index is 0.00751. The normalized spacial score (nSPS) is 12.3. The molecule has 0 spiro atoms. The monoisotopic (exact) mass is 508 g/mol. The fourth-order valence-electron chi connectivity index (χ4n) is 2.76. The SMILES string of the molecule is COc1ccc(CNC(=O)CC(NS(=O)(=O)c2ccc(Br)cc2)c2cccs2)cc1. The zero-order chi connectivity index (χ0) is 21.6. The lowest BCUT2D eigenvalue weighted by atomic mass is 10.1. The van der Waals surface area contributed by atoms with Crippen molar-refractivity contribution in [3.8, 4) is 5.75 Å². The third-order valence-electron chi connectivity index (χ3n) is 4.35. The summed E-state index contributed by atoms with van der Waals surface area (Å²) in [6, 6.07) is 16.7. The lowest BCUT2D eigenvalue weighted by molar-refractivity contribution is -0.121. The molecule has 158 valence electrons. The molecule has 0 aliphatic rings. The van der Waals surface area contributed by atoms with Gasteiger partial charge in [-0.3, -0.25) is 4.79 Å². The van der Waals surface area contributed by atoms with Gasteiger partial charge in [0.25, 0.3) is 0 Å². The molecule has 1 amide bonds. The molecule has 0 saturated heterocycles. The maximum Gasteiger partial charge on any atom is 0.241 e. The van der Waals surface area contributed by atoms with E-state index in [1.54, 1.807) is 19.2 Å². The van der Waals surface area contributed by atoms with Crippen LogP contribution in [-0.4, -0.2) is 21.4 Å². The van der Waals surface area contributed by atoms with Gasteiger partial charge >= 0.3 is 0 Å². The number of sulfonamides is 1. The van der Waals surface area contributed by atoms with Crippen LogP contribution in [0.25, 0.3) is 0 Å². The summed E-state index contributed by atoms with van der Waals surface area (Å²) in [5.41, 5.74) is 0.923. The van der Waals surface area contributed by atoms with Gasteiger partial charge in [0.2, 0.25) is 15.9 Å². The standard InChI is InChI=1S/C21H21BrN2O4S2/c1-28-17-8-4-15(5-9-17)14-23-21(25)13-19(20-3-2-12-29-20)24-30(26,27)18-10-6-16(22)7-11-18/h2-12,19,24H,13-14H2,1H3,(H,23,25). The Balaban J connectivity index is 1.68. The van der Waals surface area contributed by atoms with E-state index < -0.39 is 16.1 Å². The van der Waals surface area contributed by atoms with E-state index in [4.69, 9.17) is 4.74 Å². The molecule has 6 nitrogen and oxygen atoms in total. The Labute approximate surface area is 188 Å². The van der Waals surface area contributed by atoms with Crippen molar-refractivity contribution in [2.45, 2.75) is 23.9 Å². The fourth-order valence-corrected chi connectivity index (χ4v) is 5.09. The van der Waals surface area contributed by atoms with Gasteiger partial charge in [-0.2, -0.15) is 0 Å². The summed E-state index contributed by atoms with van der Waals surface area (Å²) in [4.78, 5) is 13.5. The summed E-state index contributed by atoms with van der Waals surface area (Å²) in [5.74, 6) is 0.493. The number of nitrogens with one attached hydrogen (secondary N) is 2. The molecule has 3 aromatic rings. The van der Waals surface area contributed by atoms with Gasteiger partial charge in [-0.15, -0.1) is 11.3 Å². The van der Waals surface area contributed by atoms with Crippen LogP contribution in [0.3, 0.4) is 0 Å². The van der Waals surface area contributed by atoms with E-state index in [0.29, 0.717) is 6.54 Å². The van der Waals surface area contributed by atoms with Gasteiger partial charge in [0.05, 0.1) is 18.0 Å². The smallest absolute Gasteiger partial charge is 0.241 e. The van der Waals surface area contributed by atoms with Crippen LogP contribution in [0.1, 0.15) is 22.9 Å². The highest BCUT2D eigenvalue weighted by Crippen LogP contribution is 2.25. The fraction of sp³-hybridized carbons (Fsp3) is 0.190. The zero-order valence-electron chi connectivity index (χ0n) is 16.2. The van der Waals surface area contributed by atoms with Crippen LogP contribution in [0.2, 0.25) is 0 Å². The van der Waals surface area contributed by atoms with Gasteiger partial charge in [0, 0.05) is 22.3 Å². The Hall–Kier alpha value is -2.20. The third kappa shape index (κ3) is 6.15. The van der Waals surface area contributed by atoms with Crippen molar-refractivity contribution in [1.82, 2.24) is 10.0 Å². The topological polar surface area (TPSA) is 84.5 Å². The number of thiophene rings is 1. The number of hydrogen-bond donors (Lipinski definition) is 2. The van der Waals surface area contributed by atoms with Crippen LogP contribution in [0, 0.1) is 0 Å². The number of carbonyl (C=O) groups is 1. The first-order chi connectivity index (χ1) is 14.4. The molecule has 30 heavy (non-hydrogen) atoms. The molecule has 0 saturated carbocycles. The average molecular weight is 509 g/mol. The van der Waals surface area contributed by atoms with Crippen molar-refractivity contribution >= 4 is 43.2 Å². The number of hydrogen-bond acceptors (Lipinski definition) is 5. The van der Waals surface area contributed by atoms with E-state index in [1.165, 1.54) is 23.5 Å². The van der Waals surface area contributed by atoms with Crippen LogP contribution in [-0.2, 0) is 21.4 Å². The molecule has 1 unspecified atom stereocenters. The van der Waals surface area contributed by atoms with Gasteiger partial charge in [0.15, 0.2) is 0 Å². The minimum atomic E-state index is -3.78. The molecule has 0 fully saturated rings. The molecular weight excluding hydrogens is 488 g/mol. The van der Waals surface area contributed by atoms with Crippen molar-refractivity contribution in [3.05, 3.63) is 81.0 Å². The number of methoxy groups -OCH3 is 1. The van der Waals surface area contributed by atoms with Crippen molar-refractivity contribution in [1.29, 1.82) is 0 Å². The number of benzene rings is 2. The molecule has 0 aliphatic heterocycles. The first kappa shape index (κ1) is 22.5. The molecule has 1 atom stereocenters. The van der Waals surface area contributed by atoms with Crippen LogP contribution >= 0.6 is 27.3 Å². The third-order valence-corrected chi connectivity index (χ3v) is 7.35. The van der Waals surface area contributed by atoms with Gasteiger partial charge in [-0.25, -0.2) is 13.1 Å². The van der Waals surface area contributed by atoms with Crippen molar-refractivity contribution in [2.24, 2.45) is 0 Å². The Morgan fingerprint density at radius 3 is 2.40 bits per heavy atom. The number of halogens is 1. The molecule has 3 rings (SSSR count). The first-order valence-corrected chi connectivity index (χ1v) is 12.2. The molecule has 9 heteroatoms. The molecular formula is C21H21BrN2O4S2. The van der Waals surface area contributed by atoms with Gasteiger partial charge in [-0.05, 0) is 53.4 Å². The van der Waals surface area contributed by atoms with Gasteiger partial charge in [0.1, 0.15) is 5.75 Å². The first-order valence-electron chi connectivity index (χ1n) is 9.08. The van der Waals surface area contributed by atoms with Crippen molar-refractivity contribution in [3.63, 3.8) is 0 Å². The second-order valence-electron chi connectivity index (χ2n) is 6.47. The summed E-state index contributed by atoms with van der Waals surface area (Å²) in [6.45, 7) is 0.347. The van der Waals surface area contributed by atoms with E-state index in [9.17, 15) is 13.2 Å². The molecule has 0 radical (unpaired) electrons. The van der Waals surface area contributed by atoms with Crippen molar-refractivity contribution < 1.29 is 17.9 Å². The van der Waals surface area contributed by atoms with Crippen LogP contribution in [0.15, 0.2) is 75.4 Å². The van der Waals surface area contributed by atoms with Crippen molar-refractivity contribution in [2.75, 3.05) is 7.11 Å². The number of amides is 1. The number of rotatable bonds is 9. The summed E-state index contributed by atoms with van der Waals surface area (Å²) in [6.07, 6.45) is -0.00751. The van der Waals surface area contributed by atoms with E-state index in [0.717, 1.165) is 20.7 Å². The highest BCUT2D eigenvalue weighted by molar-refractivity contribution is 9.10. The maximum absolute atomic E-state index is 12.8. The quantitative estimate of drug-likeness (QED) is 0.452. The summed E-state index contributed by atoms with van der Waals surface area (Å²) >= 11 is 4.70. The predicted molar refractivity (Wildman–Crippen MR) is 121 cm³/mol. The molecule has 0 bridgehead atoms. The molecule has 1 aromatic heterocycles. The molecule has 0 aliphatic carbocycles. The maximum atomic E-state index is 12.8. The lowest BCUT2D eigenvalue weighted by Gasteiger charge is -2.18. The van der Waals surface area contributed by atoms with E-state index in [2.05, 4.69) is 26.0 Å². The Morgan fingerprint density at radius 2 is 1.80 bits per heavy atom. The average Bonchev–Trinajstić information content (AvgIpc) is 3.27. The zero-order valence-corrected chi connectivity index (χ0v) is 19.4. The van der Waals surface area contributed by atoms with Gasteiger partial charge < -0.3 is 10.1 Å². The number of carbonyl (C=O) groups excluding carboxylic acids is 1.